The van der Waals surface area contributed by atoms with Gasteiger partial charge in [0.1, 0.15) is 6.10 Å². The van der Waals surface area contributed by atoms with Crippen molar-refractivity contribution in [3.63, 3.8) is 0 Å². The van der Waals surface area contributed by atoms with E-state index in [0.717, 1.165) is 6.42 Å². The summed E-state index contributed by atoms with van der Waals surface area (Å²) in [6, 6.07) is 0. The Morgan fingerprint density at radius 2 is 1.77 bits per heavy atom. The maximum absolute atomic E-state index is 9.22. The largest absolute Gasteiger partial charge is 0.366 e. The van der Waals surface area contributed by atoms with Crippen molar-refractivity contribution in [1.82, 2.24) is 0 Å². The number of epoxide rings is 1. The molecule has 1 heterocycles. The molecule has 78 valence electrons. The minimum atomic E-state index is -0.491. The molecule has 0 aromatic rings. The maximum Gasteiger partial charge on any atom is 0.182 e. The van der Waals surface area contributed by atoms with E-state index >= 15 is 0 Å². The van der Waals surface area contributed by atoms with Crippen molar-refractivity contribution >= 4 is 0 Å². The van der Waals surface area contributed by atoms with Crippen LogP contribution in [-0.4, -0.2) is 17.5 Å². The second kappa shape index (κ2) is 3.58. The molecule has 0 saturated carbocycles. The van der Waals surface area contributed by atoms with Gasteiger partial charge in [-0.1, -0.05) is 34.6 Å². The van der Waals surface area contributed by atoms with Gasteiger partial charge in [-0.15, -0.1) is 0 Å². The molecular formula is C11H22O2. The van der Waals surface area contributed by atoms with E-state index in [9.17, 15) is 5.11 Å². The lowest BCUT2D eigenvalue weighted by Gasteiger charge is -2.27. The summed E-state index contributed by atoms with van der Waals surface area (Å²) >= 11 is 0. The van der Waals surface area contributed by atoms with E-state index in [1.165, 1.54) is 0 Å². The first kappa shape index (κ1) is 11.0. The first-order valence-corrected chi connectivity index (χ1v) is 5.15. The van der Waals surface area contributed by atoms with Gasteiger partial charge in [0, 0.05) is 0 Å². The van der Waals surface area contributed by atoms with E-state index < -0.39 is 6.29 Å². The molecule has 3 atom stereocenters. The molecule has 0 amide bonds. The lowest BCUT2D eigenvalue weighted by Crippen LogP contribution is -2.23. The van der Waals surface area contributed by atoms with E-state index in [1.54, 1.807) is 0 Å². The van der Waals surface area contributed by atoms with Crippen LogP contribution in [0.1, 0.15) is 41.0 Å². The molecule has 0 aliphatic carbocycles. The van der Waals surface area contributed by atoms with Gasteiger partial charge in [0.2, 0.25) is 0 Å². The van der Waals surface area contributed by atoms with Gasteiger partial charge in [0.05, 0.1) is 0 Å². The third-order valence-corrected chi connectivity index (χ3v) is 2.63. The Morgan fingerprint density at radius 3 is 2.00 bits per heavy atom. The first-order chi connectivity index (χ1) is 5.81. The predicted molar refractivity (Wildman–Crippen MR) is 53.3 cm³/mol. The molecular weight excluding hydrogens is 164 g/mol. The molecule has 1 fully saturated rings. The number of aliphatic hydroxyl groups excluding tert-OH is 1. The van der Waals surface area contributed by atoms with Crippen LogP contribution in [0, 0.1) is 17.3 Å². The Bertz CT molecular complexity index is 169. The molecule has 0 aromatic heterocycles. The third-order valence-electron chi connectivity index (χ3n) is 2.63. The zero-order chi connectivity index (χ0) is 10.2. The monoisotopic (exact) mass is 186 g/mol. The summed E-state index contributed by atoms with van der Waals surface area (Å²) in [6.07, 6.45) is 0.723. The van der Waals surface area contributed by atoms with Crippen LogP contribution >= 0.6 is 0 Å². The SMILES string of the molecule is CC(C)C(CC(C)(C)C)C1OC1O. The van der Waals surface area contributed by atoms with E-state index in [1.807, 2.05) is 0 Å². The highest BCUT2D eigenvalue weighted by atomic mass is 16.7. The lowest BCUT2D eigenvalue weighted by atomic mass is 9.78. The number of hydrogen-bond donors (Lipinski definition) is 1. The van der Waals surface area contributed by atoms with Gasteiger partial charge in [0.25, 0.3) is 0 Å². The van der Waals surface area contributed by atoms with Crippen molar-refractivity contribution < 1.29 is 9.84 Å². The normalized spacial score (nSPS) is 30.7. The molecule has 1 aliphatic rings. The van der Waals surface area contributed by atoms with Crippen LogP contribution in [0.5, 0.6) is 0 Å². The van der Waals surface area contributed by atoms with Gasteiger partial charge in [-0.2, -0.15) is 0 Å². The second-order valence-corrected chi connectivity index (χ2v) is 5.66. The minimum Gasteiger partial charge on any atom is -0.366 e. The molecule has 1 N–H and O–H groups in total. The van der Waals surface area contributed by atoms with Crippen LogP contribution in [0.2, 0.25) is 0 Å². The van der Waals surface area contributed by atoms with Crippen LogP contribution < -0.4 is 0 Å². The summed E-state index contributed by atoms with van der Waals surface area (Å²) in [7, 11) is 0. The quantitative estimate of drug-likeness (QED) is 0.686. The number of hydrogen-bond acceptors (Lipinski definition) is 2. The fourth-order valence-corrected chi connectivity index (χ4v) is 1.87. The van der Waals surface area contributed by atoms with E-state index in [-0.39, 0.29) is 6.10 Å². The van der Waals surface area contributed by atoms with E-state index in [4.69, 9.17) is 4.74 Å². The summed E-state index contributed by atoms with van der Waals surface area (Å²) in [5.41, 5.74) is 0.320. The smallest absolute Gasteiger partial charge is 0.182 e. The van der Waals surface area contributed by atoms with Crippen molar-refractivity contribution in [3.05, 3.63) is 0 Å². The van der Waals surface area contributed by atoms with Crippen LogP contribution in [0.15, 0.2) is 0 Å². The average Bonchev–Trinajstić information content (AvgIpc) is 2.59. The molecule has 2 nitrogen and oxygen atoms in total. The second-order valence-electron chi connectivity index (χ2n) is 5.66. The summed E-state index contributed by atoms with van der Waals surface area (Å²) in [4.78, 5) is 0. The highest BCUT2D eigenvalue weighted by Crippen LogP contribution is 2.39. The molecule has 13 heavy (non-hydrogen) atoms. The van der Waals surface area contributed by atoms with Gasteiger partial charge < -0.3 is 9.84 Å². The van der Waals surface area contributed by atoms with Crippen LogP contribution in [-0.2, 0) is 4.74 Å². The number of aliphatic hydroxyl groups is 1. The lowest BCUT2D eigenvalue weighted by molar-refractivity contribution is 0.153. The van der Waals surface area contributed by atoms with Crippen molar-refractivity contribution in [1.29, 1.82) is 0 Å². The molecule has 0 radical (unpaired) electrons. The molecule has 1 aliphatic heterocycles. The Balaban J connectivity index is 2.49. The topological polar surface area (TPSA) is 32.8 Å². The Hall–Kier alpha value is -0.0800. The van der Waals surface area contributed by atoms with Crippen LogP contribution in [0.25, 0.3) is 0 Å². The summed E-state index contributed by atoms with van der Waals surface area (Å²) in [5, 5.41) is 9.22. The van der Waals surface area contributed by atoms with Crippen molar-refractivity contribution in [3.8, 4) is 0 Å². The molecule has 0 bridgehead atoms. The molecule has 0 aromatic carbocycles. The van der Waals surface area contributed by atoms with Crippen LogP contribution in [0.3, 0.4) is 0 Å². The van der Waals surface area contributed by atoms with Gasteiger partial charge in [-0.25, -0.2) is 0 Å². The van der Waals surface area contributed by atoms with Gasteiger partial charge in [-0.05, 0) is 23.7 Å². The van der Waals surface area contributed by atoms with E-state index in [2.05, 4.69) is 34.6 Å². The third kappa shape index (κ3) is 3.28. The minimum absolute atomic E-state index is 0.0965. The fraction of sp³-hybridized carbons (Fsp3) is 1.00. The Kier molecular flexibility index (Phi) is 3.03. The first-order valence-electron chi connectivity index (χ1n) is 5.15. The molecule has 2 heteroatoms. The van der Waals surface area contributed by atoms with Crippen LogP contribution in [0.4, 0.5) is 0 Å². The van der Waals surface area contributed by atoms with Crippen molar-refractivity contribution in [2.75, 3.05) is 0 Å². The Morgan fingerprint density at radius 1 is 1.31 bits per heavy atom. The standard InChI is InChI=1S/C11H22O2/c1-7(2)8(6-11(3,4)5)9-10(12)13-9/h7-10,12H,6H2,1-5H3. The molecule has 3 unspecified atom stereocenters. The van der Waals surface area contributed by atoms with Crippen molar-refractivity contribution in [2.45, 2.75) is 53.4 Å². The summed E-state index contributed by atoms with van der Waals surface area (Å²) in [5.74, 6) is 1.08. The maximum atomic E-state index is 9.22. The molecule has 1 saturated heterocycles. The fourth-order valence-electron chi connectivity index (χ4n) is 1.87. The van der Waals surface area contributed by atoms with Gasteiger partial charge >= 0.3 is 0 Å². The molecule has 0 spiro atoms. The van der Waals surface area contributed by atoms with E-state index in [0.29, 0.717) is 17.3 Å². The summed E-state index contributed by atoms with van der Waals surface area (Å²) in [6.45, 7) is 11.1. The summed E-state index contributed by atoms with van der Waals surface area (Å²) < 4.78 is 5.14. The highest BCUT2D eigenvalue weighted by molar-refractivity contribution is 4.87. The Labute approximate surface area is 81.3 Å². The average molecular weight is 186 g/mol. The van der Waals surface area contributed by atoms with Gasteiger partial charge in [0.15, 0.2) is 6.29 Å². The zero-order valence-corrected chi connectivity index (χ0v) is 9.37. The number of ether oxygens (including phenoxy) is 1. The van der Waals surface area contributed by atoms with Crippen molar-refractivity contribution in [2.24, 2.45) is 17.3 Å². The predicted octanol–water partition coefficient (Wildman–Crippen LogP) is 2.41. The zero-order valence-electron chi connectivity index (χ0n) is 9.37. The molecule has 1 rings (SSSR count). The highest BCUT2D eigenvalue weighted by Gasteiger charge is 2.45. The van der Waals surface area contributed by atoms with Gasteiger partial charge in [-0.3, -0.25) is 0 Å². The number of rotatable bonds is 3.